The lowest BCUT2D eigenvalue weighted by Crippen LogP contribution is -2.25. The summed E-state index contributed by atoms with van der Waals surface area (Å²) in [7, 11) is 0. The highest BCUT2D eigenvalue weighted by molar-refractivity contribution is 5.76. The Morgan fingerprint density at radius 3 is 2.25 bits per heavy atom. The van der Waals surface area contributed by atoms with Gasteiger partial charge < -0.3 is 24.6 Å². The van der Waals surface area contributed by atoms with E-state index in [0.29, 0.717) is 17.6 Å². The second-order valence-electron chi connectivity index (χ2n) is 8.62. The summed E-state index contributed by atoms with van der Waals surface area (Å²) in [6.45, 7) is 6.08. The number of fused-ring (bicyclic) bond motifs is 1. The number of ether oxygens (including phenoxy) is 3. The van der Waals surface area contributed by atoms with Crippen LogP contribution >= 0.6 is 0 Å². The molecule has 1 aliphatic heterocycles. The molecular weight excluding hydrogens is 530 g/mol. The summed E-state index contributed by atoms with van der Waals surface area (Å²) in [5, 5.41) is 11.4. The number of aliphatic hydroxyl groups is 1. The highest BCUT2D eigenvalue weighted by Gasteiger charge is 2.43. The zero-order valence-electron chi connectivity index (χ0n) is 23.2. The molecule has 1 heterocycles. The quantitative estimate of drug-likeness (QED) is 0.172. The zero-order chi connectivity index (χ0) is 29.9. The molecule has 0 saturated carbocycles. The number of nitrogens with one attached hydrogen (secondary N) is 1. The minimum atomic E-state index is -3.79. The molecule has 0 radical (unpaired) electrons. The monoisotopic (exact) mass is 565 g/mol. The van der Waals surface area contributed by atoms with Gasteiger partial charge in [-0.05, 0) is 72.7 Å². The fraction of sp³-hybridized carbons (Fsp3) is 0.367. The van der Waals surface area contributed by atoms with Gasteiger partial charge in [0.1, 0.15) is 12.4 Å². The summed E-state index contributed by atoms with van der Waals surface area (Å²) in [5.74, 6) is -0.938. The molecule has 0 bridgehead atoms. The van der Waals surface area contributed by atoms with E-state index in [1.54, 1.807) is 13.0 Å². The molecule has 0 aromatic heterocycles. The maximum absolute atomic E-state index is 13.4. The third kappa shape index (κ3) is 9.44. The molecule has 2 aromatic rings. The lowest BCUT2D eigenvalue weighted by molar-refractivity contribution is -0.286. The first-order valence-electron chi connectivity index (χ1n) is 12.9. The molecule has 1 amide bonds. The highest BCUT2D eigenvalue weighted by atomic mass is 19.3. The molecule has 1 aliphatic rings. The fourth-order valence-corrected chi connectivity index (χ4v) is 3.68. The number of carbonyl (C=O) groups excluding carboxylic acids is 1. The van der Waals surface area contributed by atoms with Crippen LogP contribution in [0.4, 0.5) is 17.6 Å². The summed E-state index contributed by atoms with van der Waals surface area (Å²) in [6, 6.07) is 11.5. The molecule has 0 fully saturated rings. The number of allylic oxidation sites excluding steroid dienone is 5. The van der Waals surface area contributed by atoms with Gasteiger partial charge in [-0.25, -0.2) is 0 Å². The predicted molar refractivity (Wildman–Crippen MR) is 145 cm³/mol. The normalized spacial score (nSPS) is 14.8. The average Bonchev–Trinajstić information content (AvgIpc) is 3.26. The number of benzene rings is 2. The molecule has 3 rings (SSSR count). The van der Waals surface area contributed by atoms with Crippen LogP contribution in [0.5, 0.6) is 11.5 Å². The Bertz CT molecular complexity index is 1240. The molecule has 0 unspecified atom stereocenters. The summed E-state index contributed by atoms with van der Waals surface area (Å²) in [5.41, 5.74) is 4.40. The molecule has 218 valence electrons. The van der Waals surface area contributed by atoms with Crippen LogP contribution in [0.25, 0.3) is 5.57 Å². The van der Waals surface area contributed by atoms with Crippen LogP contribution in [0.1, 0.15) is 57.7 Å². The number of hydrogen-bond donors (Lipinski definition) is 2. The number of amides is 1. The van der Waals surface area contributed by atoms with Gasteiger partial charge >= 0.3 is 12.9 Å². The molecule has 0 spiro atoms. The number of halogens is 4. The van der Waals surface area contributed by atoms with Crippen LogP contribution < -0.4 is 14.8 Å². The molecule has 40 heavy (non-hydrogen) atoms. The Balaban J connectivity index is 0.00000274. The molecule has 10 heteroatoms. The SMILES string of the molecule is CC.CC/C(C)=C(/C=C\C(OC(F)F)=C(/C)c1ccc2c(c1)OC(F)(F)O2)Cc1ccc(CNC(=O)CO)cc1. The largest absolute Gasteiger partial charge is 0.586 e. The van der Waals surface area contributed by atoms with Crippen molar-refractivity contribution in [2.45, 2.75) is 66.9 Å². The van der Waals surface area contributed by atoms with E-state index in [0.717, 1.165) is 28.7 Å². The maximum atomic E-state index is 13.4. The number of carbonyl (C=O) groups is 1. The van der Waals surface area contributed by atoms with Crippen LogP contribution in [0.3, 0.4) is 0 Å². The van der Waals surface area contributed by atoms with Crippen LogP contribution in [-0.2, 0) is 22.5 Å². The van der Waals surface area contributed by atoms with Crippen molar-refractivity contribution in [1.82, 2.24) is 5.32 Å². The molecule has 2 N–H and O–H groups in total. The minimum Gasteiger partial charge on any atom is -0.435 e. The van der Waals surface area contributed by atoms with E-state index in [-0.39, 0.29) is 23.8 Å². The summed E-state index contributed by atoms with van der Waals surface area (Å²) in [4.78, 5) is 11.2. The van der Waals surface area contributed by atoms with Gasteiger partial charge in [0.25, 0.3) is 0 Å². The smallest absolute Gasteiger partial charge is 0.435 e. The van der Waals surface area contributed by atoms with Crippen molar-refractivity contribution in [2.24, 2.45) is 0 Å². The van der Waals surface area contributed by atoms with Gasteiger partial charge in [0.15, 0.2) is 11.5 Å². The first-order chi connectivity index (χ1) is 19.0. The van der Waals surface area contributed by atoms with Crippen molar-refractivity contribution in [3.05, 3.63) is 88.2 Å². The van der Waals surface area contributed by atoms with Gasteiger partial charge in [-0.15, -0.1) is 8.78 Å². The third-order valence-corrected chi connectivity index (χ3v) is 5.99. The lowest BCUT2D eigenvalue weighted by atomic mass is 9.97. The van der Waals surface area contributed by atoms with Gasteiger partial charge in [-0.3, -0.25) is 4.79 Å². The molecular formula is C30H35F4NO5. The molecule has 0 atom stereocenters. The Morgan fingerprint density at radius 1 is 1.02 bits per heavy atom. The van der Waals surface area contributed by atoms with Crippen molar-refractivity contribution in [1.29, 1.82) is 0 Å². The average molecular weight is 566 g/mol. The van der Waals surface area contributed by atoms with E-state index >= 15 is 0 Å². The molecule has 2 aromatic carbocycles. The van der Waals surface area contributed by atoms with Gasteiger partial charge in [0.2, 0.25) is 5.91 Å². The van der Waals surface area contributed by atoms with Crippen molar-refractivity contribution in [2.75, 3.05) is 6.61 Å². The summed E-state index contributed by atoms with van der Waals surface area (Å²) >= 11 is 0. The number of aliphatic hydroxyl groups excluding tert-OH is 1. The summed E-state index contributed by atoms with van der Waals surface area (Å²) in [6.07, 6.45) is 0.600. The van der Waals surface area contributed by atoms with Crippen LogP contribution in [0.15, 0.2) is 71.5 Å². The van der Waals surface area contributed by atoms with E-state index in [9.17, 15) is 22.4 Å². The van der Waals surface area contributed by atoms with E-state index in [1.807, 2.05) is 52.0 Å². The highest BCUT2D eigenvalue weighted by Crippen LogP contribution is 2.42. The van der Waals surface area contributed by atoms with E-state index in [2.05, 4.69) is 14.8 Å². The Kier molecular flexibility index (Phi) is 12.3. The van der Waals surface area contributed by atoms with Gasteiger partial charge in [0.05, 0.1) is 0 Å². The number of hydrogen-bond acceptors (Lipinski definition) is 5. The van der Waals surface area contributed by atoms with Crippen molar-refractivity contribution in [3.63, 3.8) is 0 Å². The Morgan fingerprint density at radius 2 is 1.65 bits per heavy atom. The standard InChI is InChI=1S/C28H29F4NO5.C2H6/c1-4-17(2)21(13-19-5-7-20(8-6-19)15-33-26(35)16-34)9-11-23(36-27(29)30)18(3)22-10-12-24-25(14-22)38-28(31,32)37-24;1-2/h5-12,14,27,34H,4,13,15-16H2,1-3H3,(H,33,35);1-2H3/b11-9-,21-17-,23-18-;. The second-order valence-corrected chi connectivity index (χ2v) is 8.62. The first-order valence-corrected chi connectivity index (χ1v) is 12.9. The second kappa shape index (κ2) is 15.1. The van der Waals surface area contributed by atoms with E-state index < -0.39 is 25.4 Å². The fourth-order valence-electron chi connectivity index (χ4n) is 3.68. The number of alkyl halides is 4. The summed E-state index contributed by atoms with van der Waals surface area (Å²) < 4.78 is 66.9. The van der Waals surface area contributed by atoms with Gasteiger partial charge in [0, 0.05) is 6.54 Å². The number of rotatable bonds is 11. The molecule has 0 saturated heterocycles. The maximum Gasteiger partial charge on any atom is 0.586 e. The molecule has 6 nitrogen and oxygen atoms in total. The third-order valence-electron chi connectivity index (χ3n) is 5.99. The zero-order valence-corrected chi connectivity index (χ0v) is 23.2. The first kappa shape index (κ1) is 32.4. The van der Waals surface area contributed by atoms with Crippen LogP contribution in [0, 0.1) is 0 Å². The predicted octanol–water partition coefficient (Wildman–Crippen LogP) is 7.14. The lowest BCUT2D eigenvalue weighted by Gasteiger charge is -2.13. The van der Waals surface area contributed by atoms with Crippen molar-refractivity contribution >= 4 is 11.5 Å². The van der Waals surface area contributed by atoms with Crippen molar-refractivity contribution < 1.29 is 41.7 Å². The van der Waals surface area contributed by atoms with E-state index in [1.165, 1.54) is 24.3 Å². The molecule has 0 aliphatic carbocycles. The van der Waals surface area contributed by atoms with Crippen molar-refractivity contribution in [3.8, 4) is 11.5 Å². The minimum absolute atomic E-state index is 0.123. The van der Waals surface area contributed by atoms with E-state index in [4.69, 9.17) is 9.84 Å². The Hall–Kier alpha value is -3.79. The van der Waals surface area contributed by atoms with Gasteiger partial charge in [-0.2, -0.15) is 8.78 Å². The van der Waals surface area contributed by atoms with Gasteiger partial charge in [-0.1, -0.05) is 62.8 Å². The Labute approximate surface area is 231 Å². The van der Waals surface area contributed by atoms with Crippen LogP contribution in [0.2, 0.25) is 0 Å². The topological polar surface area (TPSA) is 77.0 Å². The van der Waals surface area contributed by atoms with Crippen LogP contribution in [-0.4, -0.2) is 30.5 Å².